The van der Waals surface area contributed by atoms with Crippen molar-refractivity contribution >= 4 is 29.0 Å². The van der Waals surface area contributed by atoms with Gasteiger partial charge in [0.1, 0.15) is 5.82 Å². The summed E-state index contributed by atoms with van der Waals surface area (Å²) in [6.07, 6.45) is 4.54. The molecule has 5 nitrogen and oxygen atoms in total. The van der Waals surface area contributed by atoms with Crippen LogP contribution in [0, 0.1) is 0 Å². The van der Waals surface area contributed by atoms with Crippen molar-refractivity contribution in [1.82, 2.24) is 20.1 Å². The molecule has 1 aliphatic heterocycles. The van der Waals surface area contributed by atoms with E-state index < -0.39 is 0 Å². The standard InChI is InChI=1S/C16H20N4OS2/c1-10(23-16-17-14(18-19-16)11-6-7-11)15(21)20-8-2-4-12(20)13-5-3-9-22-13/h3,5,9-12H,2,4,6-8H2,1H3,(H,17,18,19)/t10-,12+/m1/s1. The summed E-state index contributed by atoms with van der Waals surface area (Å²) in [5, 5.41) is 9.89. The van der Waals surface area contributed by atoms with E-state index in [-0.39, 0.29) is 17.2 Å². The lowest BCUT2D eigenvalue weighted by atomic mass is 10.2. The number of likely N-dealkylation sites (tertiary alicyclic amines) is 1. The van der Waals surface area contributed by atoms with E-state index in [4.69, 9.17) is 0 Å². The summed E-state index contributed by atoms with van der Waals surface area (Å²) < 4.78 is 0. The highest BCUT2D eigenvalue weighted by Crippen LogP contribution is 2.39. The number of aromatic nitrogens is 3. The van der Waals surface area contributed by atoms with Gasteiger partial charge in [-0.25, -0.2) is 4.98 Å². The predicted molar refractivity (Wildman–Crippen MR) is 91.7 cm³/mol. The highest BCUT2D eigenvalue weighted by Gasteiger charge is 2.34. The van der Waals surface area contributed by atoms with Gasteiger partial charge in [0.15, 0.2) is 0 Å². The molecule has 2 aliphatic rings. The van der Waals surface area contributed by atoms with Crippen LogP contribution in [0.15, 0.2) is 22.7 Å². The SMILES string of the molecule is C[C@@H](Sc1n[nH]c(C2CC2)n1)C(=O)N1CCC[C@H]1c1cccs1. The molecule has 23 heavy (non-hydrogen) atoms. The normalized spacial score (nSPS) is 22.5. The molecule has 122 valence electrons. The van der Waals surface area contributed by atoms with Gasteiger partial charge >= 0.3 is 0 Å². The van der Waals surface area contributed by atoms with Crippen molar-refractivity contribution in [3.63, 3.8) is 0 Å². The van der Waals surface area contributed by atoms with E-state index in [9.17, 15) is 4.79 Å². The molecule has 4 rings (SSSR count). The average Bonchev–Trinajstić information content (AvgIpc) is 3.01. The van der Waals surface area contributed by atoms with Gasteiger partial charge < -0.3 is 4.90 Å². The maximum atomic E-state index is 12.9. The first-order valence-corrected chi connectivity index (χ1v) is 9.91. The first kappa shape index (κ1) is 15.2. The fraction of sp³-hybridized carbons (Fsp3) is 0.562. The second kappa shape index (κ2) is 6.28. The minimum atomic E-state index is -0.154. The molecule has 1 aliphatic carbocycles. The third kappa shape index (κ3) is 3.17. The first-order valence-electron chi connectivity index (χ1n) is 8.15. The van der Waals surface area contributed by atoms with Gasteiger partial charge in [0, 0.05) is 17.3 Å². The van der Waals surface area contributed by atoms with Gasteiger partial charge in [0.25, 0.3) is 0 Å². The van der Waals surface area contributed by atoms with E-state index in [2.05, 4.69) is 32.7 Å². The highest BCUT2D eigenvalue weighted by molar-refractivity contribution is 8.00. The summed E-state index contributed by atoms with van der Waals surface area (Å²) in [5.74, 6) is 1.73. The third-order valence-electron chi connectivity index (χ3n) is 4.48. The van der Waals surface area contributed by atoms with Gasteiger partial charge in [0.05, 0.1) is 11.3 Å². The zero-order chi connectivity index (χ0) is 15.8. The number of carbonyl (C=O) groups excluding carboxylic acids is 1. The van der Waals surface area contributed by atoms with E-state index in [1.54, 1.807) is 11.3 Å². The number of amides is 1. The number of nitrogens with zero attached hydrogens (tertiary/aromatic N) is 3. The molecule has 2 fully saturated rings. The first-order chi connectivity index (χ1) is 11.2. The maximum Gasteiger partial charge on any atom is 0.236 e. The predicted octanol–water partition coefficient (Wildman–Crippen LogP) is 3.59. The van der Waals surface area contributed by atoms with Gasteiger partial charge in [-0.2, -0.15) is 0 Å². The summed E-state index contributed by atoms with van der Waals surface area (Å²) in [5.41, 5.74) is 0. The molecule has 1 amide bonds. The lowest BCUT2D eigenvalue weighted by Gasteiger charge is -2.26. The number of rotatable bonds is 5. The van der Waals surface area contributed by atoms with Crippen LogP contribution in [0.25, 0.3) is 0 Å². The summed E-state index contributed by atoms with van der Waals surface area (Å²) in [7, 11) is 0. The molecule has 1 N–H and O–H groups in total. The number of hydrogen-bond acceptors (Lipinski definition) is 5. The summed E-state index contributed by atoms with van der Waals surface area (Å²) in [6, 6.07) is 4.45. The number of carbonyl (C=O) groups is 1. The Bertz CT molecular complexity index is 680. The number of aromatic amines is 1. The van der Waals surface area contributed by atoms with Crippen molar-refractivity contribution in [2.45, 2.75) is 55.0 Å². The van der Waals surface area contributed by atoms with E-state index in [1.807, 2.05) is 11.8 Å². The van der Waals surface area contributed by atoms with E-state index in [0.29, 0.717) is 11.1 Å². The molecule has 3 heterocycles. The Morgan fingerprint density at radius 2 is 2.35 bits per heavy atom. The Kier molecular flexibility index (Phi) is 4.15. The van der Waals surface area contributed by atoms with Crippen LogP contribution in [0.5, 0.6) is 0 Å². The van der Waals surface area contributed by atoms with Crippen LogP contribution < -0.4 is 0 Å². The molecular formula is C16H20N4OS2. The Balaban J connectivity index is 1.42. The van der Waals surface area contributed by atoms with Gasteiger partial charge in [-0.15, -0.1) is 16.4 Å². The quantitative estimate of drug-likeness (QED) is 0.839. The zero-order valence-electron chi connectivity index (χ0n) is 13.1. The molecule has 0 unspecified atom stereocenters. The fourth-order valence-electron chi connectivity index (χ4n) is 3.10. The number of H-pyrrole nitrogens is 1. The number of thioether (sulfide) groups is 1. The van der Waals surface area contributed by atoms with Gasteiger partial charge in [0.2, 0.25) is 11.1 Å². The molecule has 7 heteroatoms. The van der Waals surface area contributed by atoms with Crippen LogP contribution in [0.2, 0.25) is 0 Å². The topological polar surface area (TPSA) is 61.9 Å². The Hall–Kier alpha value is -1.34. The van der Waals surface area contributed by atoms with Crippen molar-refractivity contribution < 1.29 is 4.79 Å². The second-order valence-corrected chi connectivity index (χ2v) is 8.53. The van der Waals surface area contributed by atoms with E-state index in [1.165, 1.54) is 29.5 Å². The molecule has 2 atom stereocenters. The Morgan fingerprint density at radius 3 is 3.09 bits per heavy atom. The lowest BCUT2D eigenvalue weighted by molar-refractivity contribution is -0.131. The molecule has 1 saturated heterocycles. The lowest BCUT2D eigenvalue weighted by Crippen LogP contribution is -2.35. The van der Waals surface area contributed by atoms with Crippen LogP contribution in [0.1, 0.15) is 55.3 Å². The van der Waals surface area contributed by atoms with E-state index >= 15 is 0 Å². The van der Waals surface area contributed by atoms with Crippen LogP contribution >= 0.6 is 23.1 Å². The van der Waals surface area contributed by atoms with Gasteiger partial charge in [-0.1, -0.05) is 17.8 Å². The van der Waals surface area contributed by atoms with Gasteiger partial charge in [-0.05, 0) is 44.1 Å². The largest absolute Gasteiger partial charge is 0.334 e. The Morgan fingerprint density at radius 1 is 1.48 bits per heavy atom. The van der Waals surface area contributed by atoms with E-state index in [0.717, 1.165) is 25.2 Å². The average molecular weight is 348 g/mol. The summed E-state index contributed by atoms with van der Waals surface area (Å²) in [4.78, 5) is 20.7. The highest BCUT2D eigenvalue weighted by atomic mass is 32.2. The zero-order valence-corrected chi connectivity index (χ0v) is 14.7. The number of nitrogens with one attached hydrogen (secondary N) is 1. The maximum absolute atomic E-state index is 12.9. The van der Waals surface area contributed by atoms with Crippen LogP contribution in [0.4, 0.5) is 0 Å². The van der Waals surface area contributed by atoms with Crippen LogP contribution in [-0.4, -0.2) is 37.8 Å². The van der Waals surface area contributed by atoms with Crippen LogP contribution in [-0.2, 0) is 4.79 Å². The monoisotopic (exact) mass is 348 g/mol. The molecule has 2 aromatic heterocycles. The molecular weight excluding hydrogens is 328 g/mol. The van der Waals surface area contributed by atoms with Crippen LogP contribution in [0.3, 0.4) is 0 Å². The van der Waals surface area contributed by atoms with Crippen molar-refractivity contribution in [2.24, 2.45) is 0 Å². The third-order valence-corrected chi connectivity index (χ3v) is 6.41. The molecule has 1 saturated carbocycles. The van der Waals surface area contributed by atoms with Crippen molar-refractivity contribution in [3.8, 4) is 0 Å². The molecule has 0 bridgehead atoms. The summed E-state index contributed by atoms with van der Waals surface area (Å²) in [6.45, 7) is 2.82. The second-order valence-electron chi connectivity index (χ2n) is 6.24. The number of hydrogen-bond donors (Lipinski definition) is 1. The molecule has 2 aromatic rings. The smallest absolute Gasteiger partial charge is 0.236 e. The molecule has 0 aromatic carbocycles. The molecule has 0 spiro atoms. The van der Waals surface area contributed by atoms with Crippen molar-refractivity contribution in [1.29, 1.82) is 0 Å². The summed E-state index contributed by atoms with van der Waals surface area (Å²) >= 11 is 3.20. The van der Waals surface area contributed by atoms with Crippen molar-refractivity contribution in [3.05, 3.63) is 28.2 Å². The van der Waals surface area contributed by atoms with Gasteiger partial charge in [-0.3, -0.25) is 9.89 Å². The minimum Gasteiger partial charge on any atom is -0.334 e. The fourth-order valence-corrected chi connectivity index (χ4v) is 4.77. The Labute approximate surface area is 143 Å². The van der Waals surface area contributed by atoms with Crippen molar-refractivity contribution in [2.75, 3.05) is 6.54 Å². The number of thiophene rings is 1. The minimum absolute atomic E-state index is 0.154. The molecule has 0 radical (unpaired) electrons.